The maximum absolute atomic E-state index is 12.4. The van der Waals surface area contributed by atoms with Gasteiger partial charge in [-0.2, -0.15) is 0 Å². The van der Waals surface area contributed by atoms with Gasteiger partial charge in [-0.25, -0.2) is 0 Å². The van der Waals surface area contributed by atoms with Crippen molar-refractivity contribution in [3.8, 4) is 11.4 Å². The molecule has 1 atom stereocenters. The number of allylic oxidation sites excluding steroid dienone is 1. The molecule has 2 heterocycles. The average Bonchev–Trinajstić information content (AvgIpc) is 3.12. The second kappa shape index (κ2) is 9.91. The number of nitrogens with one attached hydrogen (secondary N) is 1. The van der Waals surface area contributed by atoms with E-state index in [0.29, 0.717) is 27.6 Å². The third-order valence-corrected chi connectivity index (χ3v) is 5.83. The number of hydrogen-bond acceptors (Lipinski definition) is 5. The molecule has 3 aromatic rings. The number of halogens is 2. The number of hydrogen-bond donors (Lipinski definition) is 1. The highest BCUT2D eigenvalue weighted by Crippen LogP contribution is 2.26. The molecule has 1 unspecified atom stereocenters. The van der Waals surface area contributed by atoms with Crippen molar-refractivity contribution in [2.24, 2.45) is 0 Å². The Hall–Kier alpha value is -2.35. The van der Waals surface area contributed by atoms with Gasteiger partial charge in [0.25, 0.3) is 0 Å². The van der Waals surface area contributed by atoms with Crippen molar-refractivity contribution in [3.05, 3.63) is 71.0 Å². The van der Waals surface area contributed by atoms with Crippen LogP contribution < -0.4 is 5.32 Å². The van der Waals surface area contributed by atoms with E-state index in [1.807, 2.05) is 29.7 Å². The van der Waals surface area contributed by atoms with Gasteiger partial charge in [-0.05, 0) is 36.8 Å². The van der Waals surface area contributed by atoms with Crippen LogP contribution in [-0.2, 0) is 11.3 Å². The first-order valence-electron chi connectivity index (χ1n) is 8.81. The SMILES string of the molecule is C=CCn1c(SCC(=O)NC(C)c2ccc(Cl)c(Cl)c2)nnc1-c1ccncc1. The van der Waals surface area contributed by atoms with Crippen molar-refractivity contribution in [1.82, 2.24) is 25.1 Å². The molecule has 29 heavy (non-hydrogen) atoms. The highest BCUT2D eigenvalue weighted by Gasteiger charge is 2.16. The van der Waals surface area contributed by atoms with Crippen molar-refractivity contribution < 1.29 is 4.79 Å². The molecule has 0 fully saturated rings. The Morgan fingerprint density at radius 2 is 2.00 bits per heavy atom. The van der Waals surface area contributed by atoms with Gasteiger partial charge in [0, 0.05) is 24.5 Å². The highest BCUT2D eigenvalue weighted by molar-refractivity contribution is 7.99. The topological polar surface area (TPSA) is 72.7 Å². The third-order valence-electron chi connectivity index (χ3n) is 4.12. The monoisotopic (exact) mass is 447 g/mol. The zero-order valence-electron chi connectivity index (χ0n) is 15.7. The highest BCUT2D eigenvalue weighted by atomic mass is 35.5. The van der Waals surface area contributed by atoms with Crippen LogP contribution in [0.25, 0.3) is 11.4 Å². The molecule has 9 heteroatoms. The van der Waals surface area contributed by atoms with E-state index in [2.05, 4.69) is 27.1 Å². The molecule has 150 valence electrons. The van der Waals surface area contributed by atoms with E-state index < -0.39 is 0 Å². The summed E-state index contributed by atoms with van der Waals surface area (Å²) < 4.78 is 1.92. The summed E-state index contributed by atoms with van der Waals surface area (Å²) >= 11 is 13.3. The molecule has 1 amide bonds. The molecule has 0 radical (unpaired) electrons. The van der Waals surface area contributed by atoms with Gasteiger partial charge in [0.2, 0.25) is 5.91 Å². The van der Waals surface area contributed by atoms with Crippen molar-refractivity contribution in [3.63, 3.8) is 0 Å². The van der Waals surface area contributed by atoms with Crippen LogP contribution in [0, 0.1) is 0 Å². The summed E-state index contributed by atoms with van der Waals surface area (Å²) in [6.45, 7) is 6.22. The molecule has 0 bridgehead atoms. The van der Waals surface area contributed by atoms with Crippen LogP contribution in [0.5, 0.6) is 0 Å². The minimum atomic E-state index is -0.198. The van der Waals surface area contributed by atoms with Crippen molar-refractivity contribution >= 4 is 40.9 Å². The molecule has 6 nitrogen and oxygen atoms in total. The van der Waals surface area contributed by atoms with Gasteiger partial charge < -0.3 is 5.32 Å². The first-order valence-corrected chi connectivity index (χ1v) is 10.6. The quantitative estimate of drug-likeness (QED) is 0.396. The third kappa shape index (κ3) is 5.38. The summed E-state index contributed by atoms with van der Waals surface area (Å²) in [4.78, 5) is 16.4. The number of carbonyl (C=O) groups excluding carboxylic acids is 1. The largest absolute Gasteiger partial charge is 0.349 e. The van der Waals surface area contributed by atoms with Gasteiger partial charge in [-0.1, -0.05) is 47.1 Å². The second-order valence-electron chi connectivity index (χ2n) is 6.19. The van der Waals surface area contributed by atoms with Crippen molar-refractivity contribution in [2.45, 2.75) is 24.7 Å². The summed E-state index contributed by atoms with van der Waals surface area (Å²) in [5.41, 5.74) is 1.78. The predicted octanol–water partition coefficient (Wildman–Crippen LogP) is 4.80. The molecule has 0 saturated heterocycles. The number of rotatable bonds is 8. The van der Waals surface area contributed by atoms with E-state index >= 15 is 0 Å². The Kier molecular flexibility index (Phi) is 7.30. The zero-order chi connectivity index (χ0) is 20.8. The molecule has 1 aromatic carbocycles. The number of benzene rings is 1. The van der Waals surface area contributed by atoms with E-state index in [9.17, 15) is 4.79 Å². The Morgan fingerprint density at radius 3 is 2.69 bits per heavy atom. The lowest BCUT2D eigenvalue weighted by Gasteiger charge is -2.15. The fraction of sp³-hybridized carbons (Fsp3) is 0.200. The number of aromatic nitrogens is 4. The number of thioether (sulfide) groups is 1. The van der Waals surface area contributed by atoms with Crippen LogP contribution in [-0.4, -0.2) is 31.4 Å². The minimum Gasteiger partial charge on any atom is -0.349 e. The van der Waals surface area contributed by atoms with E-state index in [0.717, 1.165) is 11.1 Å². The van der Waals surface area contributed by atoms with Crippen LogP contribution in [0.15, 0.2) is 60.5 Å². The van der Waals surface area contributed by atoms with Crippen LogP contribution in [0.4, 0.5) is 0 Å². The molecule has 0 spiro atoms. The van der Waals surface area contributed by atoms with E-state index in [4.69, 9.17) is 23.2 Å². The van der Waals surface area contributed by atoms with Gasteiger partial charge in [0.1, 0.15) is 0 Å². The molecule has 2 aromatic heterocycles. The van der Waals surface area contributed by atoms with E-state index in [1.54, 1.807) is 30.6 Å². The van der Waals surface area contributed by atoms with Crippen molar-refractivity contribution in [1.29, 1.82) is 0 Å². The molecule has 0 aliphatic carbocycles. The predicted molar refractivity (Wildman–Crippen MR) is 117 cm³/mol. The van der Waals surface area contributed by atoms with Gasteiger partial charge in [-0.15, -0.1) is 16.8 Å². The Balaban J connectivity index is 1.66. The second-order valence-corrected chi connectivity index (χ2v) is 7.95. The number of nitrogens with zero attached hydrogens (tertiary/aromatic N) is 4. The molecule has 0 aliphatic rings. The lowest BCUT2D eigenvalue weighted by molar-refractivity contribution is -0.119. The van der Waals surface area contributed by atoms with Crippen molar-refractivity contribution in [2.75, 3.05) is 5.75 Å². The number of pyridine rings is 1. The van der Waals surface area contributed by atoms with E-state index in [1.165, 1.54) is 11.8 Å². The summed E-state index contributed by atoms with van der Waals surface area (Å²) in [6.07, 6.45) is 5.17. The first-order chi connectivity index (χ1) is 14.0. The van der Waals surface area contributed by atoms with Crippen LogP contribution in [0.3, 0.4) is 0 Å². The summed E-state index contributed by atoms with van der Waals surface area (Å²) in [7, 11) is 0. The summed E-state index contributed by atoms with van der Waals surface area (Å²) in [6, 6.07) is 8.84. The van der Waals surface area contributed by atoms with Gasteiger partial charge in [0.05, 0.1) is 21.8 Å². The maximum Gasteiger partial charge on any atom is 0.230 e. The molecule has 0 aliphatic heterocycles. The standard InChI is InChI=1S/C20H19Cl2N5OS/c1-3-10-27-19(14-6-8-23-9-7-14)25-26-20(27)29-12-18(28)24-13(2)15-4-5-16(21)17(22)11-15/h3-9,11,13H,1,10,12H2,2H3,(H,24,28). The summed E-state index contributed by atoms with van der Waals surface area (Å²) in [5, 5.41) is 13.0. The molecule has 0 saturated carbocycles. The number of carbonyl (C=O) groups is 1. The van der Waals surface area contributed by atoms with Crippen LogP contribution in [0.1, 0.15) is 18.5 Å². The Morgan fingerprint density at radius 1 is 1.24 bits per heavy atom. The lowest BCUT2D eigenvalue weighted by Crippen LogP contribution is -2.28. The minimum absolute atomic E-state index is 0.118. The van der Waals surface area contributed by atoms with Crippen LogP contribution >= 0.6 is 35.0 Å². The molecule has 3 rings (SSSR count). The fourth-order valence-corrected chi connectivity index (χ4v) is 3.75. The zero-order valence-corrected chi connectivity index (χ0v) is 18.0. The summed E-state index contributed by atoms with van der Waals surface area (Å²) in [5.74, 6) is 0.795. The maximum atomic E-state index is 12.4. The smallest absolute Gasteiger partial charge is 0.230 e. The van der Waals surface area contributed by atoms with E-state index in [-0.39, 0.29) is 17.7 Å². The molecular weight excluding hydrogens is 429 g/mol. The van der Waals surface area contributed by atoms with Gasteiger partial charge in [-0.3, -0.25) is 14.3 Å². The van der Waals surface area contributed by atoms with Gasteiger partial charge >= 0.3 is 0 Å². The normalized spacial score (nSPS) is 11.8. The van der Waals surface area contributed by atoms with Gasteiger partial charge in [0.15, 0.2) is 11.0 Å². The average molecular weight is 448 g/mol. The fourth-order valence-electron chi connectivity index (χ4n) is 2.68. The van der Waals surface area contributed by atoms with Crippen LogP contribution in [0.2, 0.25) is 10.0 Å². The Bertz CT molecular complexity index is 1010. The number of amides is 1. The lowest BCUT2D eigenvalue weighted by atomic mass is 10.1. The Labute approximate surface area is 183 Å². The molecule has 1 N–H and O–H groups in total. The first kappa shape index (κ1) is 21.4. The molecular formula is C20H19Cl2N5OS.